The monoisotopic (exact) mass is 349 g/mol. The van der Waals surface area contributed by atoms with Crippen LogP contribution in [0.25, 0.3) is 0 Å². The third-order valence-electron chi connectivity index (χ3n) is 3.11. The second kappa shape index (κ2) is 8.72. The van der Waals surface area contributed by atoms with Crippen molar-refractivity contribution in [1.82, 2.24) is 10.3 Å². The maximum absolute atomic E-state index is 12.2. The molecular weight excluding hydrogens is 332 g/mol. The molecule has 1 aromatic heterocycles. The van der Waals surface area contributed by atoms with Crippen molar-refractivity contribution in [3.05, 3.63) is 53.7 Å². The molecule has 2 rings (SSSR count). The molecule has 2 aromatic rings. The first-order valence-electron chi connectivity index (χ1n) is 7.50. The van der Waals surface area contributed by atoms with Crippen molar-refractivity contribution in [2.24, 2.45) is 0 Å². The van der Waals surface area contributed by atoms with Gasteiger partial charge in [0.05, 0.1) is 0 Å². The van der Waals surface area contributed by atoms with Crippen molar-refractivity contribution in [2.75, 3.05) is 11.9 Å². The molecule has 0 fully saturated rings. The molecule has 0 saturated carbocycles. The number of amides is 2. The SMILES string of the molecule is Cc1cccc(NC(=O)CCNC(=O)c2cccc(OC(F)F)c2)n1. The lowest BCUT2D eigenvalue weighted by atomic mass is 10.2. The van der Waals surface area contributed by atoms with Crippen LogP contribution in [0.5, 0.6) is 5.75 Å². The van der Waals surface area contributed by atoms with Gasteiger partial charge in [0.1, 0.15) is 11.6 Å². The predicted octanol–water partition coefficient (Wildman–Crippen LogP) is 2.75. The lowest BCUT2D eigenvalue weighted by molar-refractivity contribution is -0.116. The van der Waals surface area contributed by atoms with E-state index in [1.54, 1.807) is 12.1 Å². The van der Waals surface area contributed by atoms with Gasteiger partial charge in [0, 0.05) is 24.2 Å². The molecule has 0 atom stereocenters. The molecule has 0 saturated heterocycles. The summed E-state index contributed by atoms with van der Waals surface area (Å²) in [5.74, 6) is -0.450. The molecule has 25 heavy (non-hydrogen) atoms. The van der Waals surface area contributed by atoms with E-state index in [9.17, 15) is 18.4 Å². The summed E-state index contributed by atoms with van der Waals surface area (Å²) in [6, 6.07) is 10.7. The van der Waals surface area contributed by atoms with E-state index in [-0.39, 0.29) is 30.2 Å². The van der Waals surface area contributed by atoms with Gasteiger partial charge in [0.2, 0.25) is 5.91 Å². The van der Waals surface area contributed by atoms with E-state index >= 15 is 0 Å². The van der Waals surface area contributed by atoms with Gasteiger partial charge in [0.25, 0.3) is 5.91 Å². The van der Waals surface area contributed by atoms with E-state index in [1.807, 2.05) is 13.0 Å². The fourth-order valence-corrected chi connectivity index (χ4v) is 2.02. The topological polar surface area (TPSA) is 80.3 Å². The van der Waals surface area contributed by atoms with Crippen LogP contribution in [0.4, 0.5) is 14.6 Å². The summed E-state index contributed by atoms with van der Waals surface area (Å²) < 4.78 is 28.6. The van der Waals surface area contributed by atoms with Crippen LogP contribution in [0.1, 0.15) is 22.5 Å². The van der Waals surface area contributed by atoms with E-state index < -0.39 is 12.5 Å². The second-order valence-corrected chi connectivity index (χ2v) is 5.12. The van der Waals surface area contributed by atoms with Crippen molar-refractivity contribution in [3.63, 3.8) is 0 Å². The molecular formula is C17H17F2N3O3. The molecule has 1 heterocycles. The minimum absolute atomic E-state index is 0.0502. The number of hydrogen-bond acceptors (Lipinski definition) is 4. The number of ether oxygens (including phenoxy) is 1. The van der Waals surface area contributed by atoms with Crippen LogP contribution in [-0.2, 0) is 4.79 Å². The van der Waals surface area contributed by atoms with E-state index in [1.165, 1.54) is 24.3 Å². The zero-order valence-electron chi connectivity index (χ0n) is 13.5. The summed E-state index contributed by atoms with van der Waals surface area (Å²) >= 11 is 0. The quantitative estimate of drug-likeness (QED) is 0.805. The third-order valence-corrected chi connectivity index (χ3v) is 3.11. The molecule has 8 heteroatoms. The number of halogens is 2. The van der Waals surface area contributed by atoms with Crippen LogP contribution in [0.2, 0.25) is 0 Å². The van der Waals surface area contributed by atoms with Gasteiger partial charge in [0.15, 0.2) is 0 Å². The normalized spacial score (nSPS) is 10.4. The van der Waals surface area contributed by atoms with Crippen molar-refractivity contribution < 1.29 is 23.1 Å². The van der Waals surface area contributed by atoms with Gasteiger partial charge in [-0.15, -0.1) is 0 Å². The molecule has 6 nitrogen and oxygen atoms in total. The number of anilines is 1. The Hall–Kier alpha value is -3.03. The summed E-state index contributed by atoms with van der Waals surface area (Å²) in [7, 11) is 0. The van der Waals surface area contributed by atoms with Crippen molar-refractivity contribution in [1.29, 1.82) is 0 Å². The summed E-state index contributed by atoms with van der Waals surface area (Å²) in [5.41, 5.74) is 0.941. The van der Waals surface area contributed by atoms with Gasteiger partial charge in [-0.1, -0.05) is 12.1 Å². The molecule has 1 aromatic carbocycles. The van der Waals surface area contributed by atoms with Gasteiger partial charge < -0.3 is 15.4 Å². The van der Waals surface area contributed by atoms with Gasteiger partial charge >= 0.3 is 6.61 Å². The summed E-state index contributed by atoms with van der Waals surface area (Å²) in [6.45, 7) is -1.06. The Kier molecular flexibility index (Phi) is 6.39. The van der Waals surface area contributed by atoms with Crippen LogP contribution < -0.4 is 15.4 Å². The standard InChI is InChI=1S/C17H17F2N3O3/c1-11-4-2-7-14(21-11)22-15(23)8-9-20-16(24)12-5-3-6-13(10-12)25-17(18)19/h2-7,10,17H,8-9H2,1H3,(H,20,24)(H,21,22,23). The second-order valence-electron chi connectivity index (χ2n) is 5.12. The highest BCUT2D eigenvalue weighted by molar-refractivity contribution is 5.95. The van der Waals surface area contributed by atoms with Crippen LogP contribution in [0.3, 0.4) is 0 Å². The predicted molar refractivity (Wildman–Crippen MR) is 87.6 cm³/mol. The first kappa shape index (κ1) is 18.3. The number of nitrogens with zero attached hydrogens (tertiary/aromatic N) is 1. The Morgan fingerprint density at radius 1 is 1.20 bits per heavy atom. The molecule has 0 bridgehead atoms. The van der Waals surface area contributed by atoms with Gasteiger partial charge in [-0.2, -0.15) is 8.78 Å². The average molecular weight is 349 g/mol. The number of hydrogen-bond donors (Lipinski definition) is 2. The number of carbonyl (C=O) groups excluding carboxylic acids is 2. The van der Waals surface area contributed by atoms with Crippen molar-refractivity contribution in [2.45, 2.75) is 20.0 Å². The van der Waals surface area contributed by atoms with Crippen LogP contribution >= 0.6 is 0 Å². The number of carbonyl (C=O) groups is 2. The zero-order chi connectivity index (χ0) is 18.2. The molecule has 0 radical (unpaired) electrons. The van der Waals surface area contributed by atoms with Crippen LogP contribution in [0.15, 0.2) is 42.5 Å². The Morgan fingerprint density at radius 2 is 1.96 bits per heavy atom. The molecule has 0 unspecified atom stereocenters. The Bertz CT molecular complexity index is 753. The van der Waals surface area contributed by atoms with Crippen molar-refractivity contribution in [3.8, 4) is 5.75 Å². The van der Waals surface area contributed by atoms with E-state index in [4.69, 9.17) is 0 Å². The zero-order valence-corrected chi connectivity index (χ0v) is 13.5. The van der Waals surface area contributed by atoms with Crippen LogP contribution in [0, 0.1) is 6.92 Å². The van der Waals surface area contributed by atoms with Gasteiger partial charge in [-0.25, -0.2) is 4.98 Å². The number of benzene rings is 1. The smallest absolute Gasteiger partial charge is 0.387 e. The number of rotatable bonds is 7. The van der Waals surface area contributed by atoms with Gasteiger partial charge in [-0.3, -0.25) is 9.59 Å². The van der Waals surface area contributed by atoms with E-state index in [2.05, 4.69) is 20.4 Å². The Labute approximate surface area is 143 Å². The largest absolute Gasteiger partial charge is 0.435 e. The first-order chi connectivity index (χ1) is 11.9. The molecule has 132 valence electrons. The number of alkyl halides is 2. The number of aromatic nitrogens is 1. The fraction of sp³-hybridized carbons (Fsp3) is 0.235. The maximum Gasteiger partial charge on any atom is 0.387 e. The van der Waals surface area contributed by atoms with Crippen LogP contribution in [-0.4, -0.2) is 30.0 Å². The number of aryl methyl sites for hydroxylation is 1. The number of pyridine rings is 1. The lowest BCUT2D eigenvalue weighted by Gasteiger charge is -2.08. The Balaban J connectivity index is 1.81. The summed E-state index contributed by atoms with van der Waals surface area (Å²) in [4.78, 5) is 27.9. The fourth-order valence-electron chi connectivity index (χ4n) is 2.02. The Morgan fingerprint density at radius 3 is 2.68 bits per heavy atom. The lowest BCUT2D eigenvalue weighted by Crippen LogP contribution is -2.27. The molecule has 2 N–H and O–H groups in total. The minimum atomic E-state index is -2.96. The summed E-state index contributed by atoms with van der Waals surface area (Å²) in [6.07, 6.45) is 0.0502. The molecule has 0 aliphatic rings. The summed E-state index contributed by atoms with van der Waals surface area (Å²) in [5, 5.41) is 5.17. The molecule has 2 amide bonds. The number of nitrogens with one attached hydrogen (secondary N) is 2. The first-order valence-corrected chi connectivity index (χ1v) is 7.50. The van der Waals surface area contributed by atoms with Gasteiger partial charge in [-0.05, 0) is 37.3 Å². The third kappa shape index (κ3) is 6.17. The minimum Gasteiger partial charge on any atom is -0.435 e. The molecule has 0 aliphatic heterocycles. The average Bonchev–Trinajstić information content (AvgIpc) is 2.54. The van der Waals surface area contributed by atoms with E-state index in [0.717, 1.165) is 5.69 Å². The van der Waals surface area contributed by atoms with Crippen molar-refractivity contribution >= 4 is 17.6 Å². The highest BCUT2D eigenvalue weighted by Crippen LogP contribution is 2.15. The highest BCUT2D eigenvalue weighted by Gasteiger charge is 2.10. The highest BCUT2D eigenvalue weighted by atomic mass is 19.3. The molecule has 0 aliphatic carbocycles. The maximum atomic E-state index is 12.2. The van der Waals surface area contributed by atoms with E-state index in [0.29, 0.717) is 5.82 Å². The molecule has 0 spiro atoms.